The molecule has 0 amide bonds. The summed E-state index contributed by atoms with van der Waals surface area (Å²) in [5.74, 6) is 0.687. The summed E-state index contributed by atoms with van der Waals surface area (Å²) in [5, 5.41) is 9.78. The molecule has 1 saturated carbocycles. The molecule has 1 nitrogen and oxygen atoms in total. The maximum absolute atomic E-state index is 9.78. The average Bonchev–Trinajstić information content (AvgIpc) is 2.16. The van der Waals surface area contributed by atoms with Gasteiger partial charge in [-0.1, -0.05) is 31.9 Å². The van der Waals surface area contributed by atoms with Gasteiger partial charge in [-0.05, 0) is 43.9 Å². The van der Waals surface area contributed by atoms with Crippen LogP contribution in [0, 0.1) is 16.7 Å². The van der Waals surface area contributed by atoms with Crippen molar-refractivity contribution in [1.82, 2.24) is 0 Å². The second kappa shape index (κ2) is 3.62. The third kappa shape index (κ3) is 1.75. The van der Waals surface area contributed by atoms with Crippen molar-refractivity contribution in [2.45, 2.75) is 52.9 Å². The smallest absolute Gasteiger partial charge is 0.0524 e. The molecule has 0 bridgehead atoms. The van der Waals surface area contributed by atoms with E-state index in [-0.39, 0.29) is 5.41 Å². The van der Waals surface area contributed by atoms with Gasteiger partial charge < -0.3 is 5.11 Å². The Labute approximate surface area is 93.6 Å². The number of hydrogen-bond acceptors (Lipinski definition) is 1. The maximum Gasteiger partial charge on any atom is 0.0524 e. The molecule has 0 saturated heterocycles. The maximum atomic E-state index is 9.78. The van der Waals surface area contributed by atoms with Crippen molar-refractivity contribution < 1.29 is 5.11 Å². The van der Waals surface area contributed by atoms with E-state index >= 15 is 0 Å². The Morgan fingerprint density at radius 1 is 1.40 bits per heavy atom. The zero-order valence-corrected chi connectivity index (χ0v) is 10.3. The first kappa shape index (κ1) is 11.2. The van der Waals surface area contributed by atoms with E-state index in [1.54, 1.807) is 0 Å². The molecule has 0 spiro atoms. The number of allylic oxidation sites excluding steroid dienone is 1. The Morgan fingerprint density at radius 2 is 2.13 bits per heavy atom. The largest absolute Gasteiger partial charge is 0.395 e. The van der Waals surface area contributed by atoms with Gasteiger partial charge in [0.05, 0.1) is 6.61 Å². The van der Waals surface area contributed by atoms with E-state index in [0.717, 1.165) is 0 Å². The first-order chi connectivity index (χ1) is 7.00. The standard InChI is InChI=1S/C14H24O/c1-11-5-6-12-13(2,3)7-4-8-14(12,9-11)10-15/h9,12,15H,4-8,10H2,1-3H3/t12-,14-/m0/s1. The van der Waals surface area contributed by atoms with Gasteiger partial charge in [-0.25, -0.2) is 0 Å². The van der Waals surface area contributed by atoms with Gasteiger partial charge in [0, 0.05) is 5.41 Å². The fourth-order valence-corrected chi connectivity index (χ4v) is 4.02. The van der Waals surface area contributed by atoms with Crippen LogP contribution in [-0.2, 0) is 0 Å². The molecule has 2 aliphatic carbocycles. The van der Waals surface area contributed by atoms with Crippen LogP contribution in [0.3, 0.4) is 0 Å². The first-order valence-corrected chi connectivity index (χ1v) is 6.29. The van der Waals surface area contributed by atoms with Gasteiger partial charge in [0.1, 0.15) is 0 Å². The van der Waals surface area contributed by atoms with Gasteiger partial charge in [-0.2, -0.15) is 0 Å². The number of rotatable bonds is 1. The van der Waals surface area contributed by atoms with Crippen molar-refractivity contribution in [2.75, 3.05) is 6.61 Å². The molecule has 2 atom stereocenters. The highest BCUT2D eigenvalue weighted by Gasteiger charge is 2.48. The van der Waals surface area contributed by atoms with E-state index in [9.17, 15) is 5.11 Å². The Hall–Kier alpha value is -0.300. The monoisotopic (exact) mass is 208 g/mol. The zero-order chi connectivity index (χ0) is 11.1. The molecule has 2 rings (SSSR count). The minimum Gasteiger partial charge on any atom is -0.395 e. The normalized spacial score (nSPS) is 39.5. The fourth-order valence-electron chi connectivity index (χ4n) is 4.02. The van der Waals surface area contributed by atoms with Gasteiger partial charge >= 0.3 is 0 Å². The fraction of sp³-hybridized carbons (Fsp3) is 0.857. The second-order valence-electron chi connectivity index (χ2n) is 6.32. The minimum absolute atomic E-state index is 0.115. The van der Waals surface area contributed by atoms with Crippen molar-refractivity contribution in [2.24, 2.45) is 16.7 Å². The summed E-state index contributed by atoms with van der Waals surface area (Å²) in [4.78, 5) is 0. The van der Waals surface area contributed by atoms with Gasteiger partial charge in [-0.15, -0.1) is 0 Å². The Bertz CT molecular complexity index is 277. The van der Waals surface area contributed by atoms with Crippen molar-refractivity contribution in [3.05, 3.63) is 11.6 Å². The van der Waals surface area contributed by atoms with Crippen molar-refractivity contribution in [1.29, 1.82) is 0 Å². The van der Waals surface area contributed by atoms with Crippen molar-refractivity contribution in [3.63, 3.8) is 0 Å². The highest BCUT2D eigenvalue weighted by molar-refractivity contribution is 5.17. The minimum atomic E-state index is 0.115. The van der Waals surface area contributed by atoms with Crippen LogP contribution in [0.1, 0.15) is 52.9 Å². The van der Waals surface area contributed by atoms with Gasteiger partial charge in [0.15, 0.2) is 0 Å². The molecule has 0 aromatic carbocycles. The zero-order valence-electron chi connectivity index (χ0n) is 10.3. The lowest BCUT2D eigenvalue weighted by Gasteiger charge is -2.53. The van der Waals surface area contributed by atoms with Crippen LogP contribution >= 0.6 is 0 Å². The highest BCUT2D eigenvalue weighted by atomic mass is 16.3. The summed E-state index contributed by atoms with van der Waals surface area (Å²) >= 11 is 0. The highest BCUT2D eigenvalue weighted by Crippen LogP contribution is 2.56. The van der Waals surface area contributed by atoms with Crippen molar-refractivity contribution in [3.8, 4) is 0 Å². The molecule has 0 heterocycles. The lowest BCUT2D eigenvalue weighted by Crippen LogP contribution is -2.46. The molecule has 1 heteroatoms. The summed E-state index contributed by atoms with van der Waals surface area (Å²) in [6.45, 7) is 7.33. The SMILES string of the molecule is CC1=C[C@]2(CO)CCCC(C)(C)[C@@H]2CC1. The molecule has 2 aliphatic rings. The third-order valence-electron chi connectivity index (χ3n) is 4.76. The quantitative estimate of drug-likeness (QED) is 0.654. The molecule has 0 aliphatic heterocycles. The molecule has 0 radical (unpaired) electrons. The van der Waals surface area contributed by atoms with Crippen LogP contribution in [0.15, 0.2) is 11.6 Å². The van der Waals surface area contributed by atoms with Gasteiger partial charge in [0.2, 0.25) is 0 Å². The topological polar surface area (TPSA) is 20.2 Å². The third-order valence-corrected chi connectivity index (χ3v) is 4.76. The summed E-state index contributed by atoms with van der Waals surface area (Å²) in [5.41, 5.74) is 2.01. The van der Waals surface area contributed by atoms with E-state index in [2.05, 4.69) is 26.8 Å². The molecule has 15 heavy (non-hydrogen) atoms. The summed E-state index contributed by atoms with van der Waals surface area (Å²) in [6, 6.07) is 0. The van der Waals surface area contributed by atoms with E-state index in [0.29, 0.717) is 17.9 Å². The number of aliphatic hydroxyl groups excluding tert-OH is 1. The van der Waals surface area contributed by atoms with Crippen LogP contribution in [0.5, 0.6) is 0 Å². The lowest BCUT2D eigenvalue weighted by atomic mass is 9.52. The Balaban J connectivity index is 2.36. The molecule has 1 fully saturated rings. The molecule has 86 valence electrons. The van der Waals surface area contributed by atoms with E-state index < -0.39 is 0 Å². The van der Waals surface area contributed by atoms with Crippen LogP contribution < -0.4 is 0 Å². The molecule has 0 unspecified atom stereocenters. The Kier molecular flexibility index (Phi) is 2.70. The van der Waals surface area contributed by atoms with Crippen molar-refractivity contribution >= 4 is 0 Å². The molecule has 0 aromatic heterocycles. The predicted octanol–water partition coefficient (Wildman–Crippen LogP) is 3.53. The predicted molar refractivity (Wildman–Crippen MR) is 63.6 cm³/mol. The molecular weight excluding hydrogens is 184 g/mol. The Morgan fingerprint density at radius 3 is 2.80 bits per heavy atom. The van der Waals surface area contributed by atoms with Crippen LogP contribution in [0.2, 0.25) is 0 Å². The molecule has 1 N–H and O–H groups in total. The first-order valence-electron chi connectivity index (χ1n) is 6.29. The summed E-state index contributed by atoms with van der Waals surface area (Å²) in [7, 11) is 0. The van der Waals surface area contributed by atoms with E-state index in [1.165, 1.54) is 37.7 Å². The average molecular weight is 208 g/mol. The van der Waals surface area contributed by atoms with Crippen LogP contribution in [-0.4, -0.2) is 11.7 Å². The second-order valence-corrected chi connectivity index (χ2v) is 6.32. The van der Waals surface area contributed by atoms with Crippen LogP contribution in [0.25, 0.3) is 0 Å². The number of hydrogen-bond donors (Lipinski definition) is 1. The lowest BCUT2D eigenvalue weighted by molar-refractivity contribution is -0.0260. The number of fused-ring (bicyclic) bond motifs is 1. The van der Waals surface area contributed by atoms with E-state index in [4.69, 9.17) is 0 Å². The molecular formula is C14H24O. The summed E-state index contributed by atoms with van der Waals surface area (Å²) in [6.07, 6.45) is 8.68. The van der Waals surface area contributed by atoms with E-state index in [1.807, 2.05) is 0 Å². The number of aliphatic hydroxyl groups is 1. The van der Waals surface area contributed by atoms with Gasteiger partial charge in [-0.3, -0.25) is 0 Å². The van der Waals surface area contributed by atoms with Crippen LogP contribution in [0.4, 0.5) is 0 Å². The summed E-state index contributed by atoms with van der Waals surface area (Å²) < 4.78 is 0. The molecule has 0 aromatic rings. The van der Waals surface area contributed by atoms with Gasteiger partial charge in [0.25, 0.3) is 0 Å².